The Morgan fingerprint density at radius 2 is 1.92 bits per heavy atom. The quantitative estimate of drug-likeness (QED) is 0.862. The summed E-state index contributed by atoms with van der Waals surface area (Å²) in [5.41, 5.74) is -0.903. The number of carboxylic acids is 1. The largest absolute Gasteiger partial charge is 0.573 e. The van der Waals surface area contributed by atoms with Gasteiger partial charge in [-0.2, -0.15) is 0 Å². The fourth-order valence-corrected chi connectivity index (χ4v) is 3.08. The average molecular weight is 343 g/mol. The summed E-state index contributed by atoms with van der Waals surface area (Å²) in [5, 5.41) is 11.8. The number of para-hydroxylation sites is 1. The van der Waals surface area contributed by atoms with E-state index in [1.54, 1.807) is 6.07 Å². The van der Waals surface area contributed by atoms with Gasteiger partial charge in [0.05, 0.1) is 0 Å². The lowest BCUT2D eigenvalue weighted by Crippen LogP contribution is -2.59. The van der Waals surface area contributed by atoms with E-state index in [2.05, 4.69) is 10.1 Å². The van der Waals surface area contributed by atoms with Crippen LogP contribution >= 0.6 is 0 Å². The van der Waals surface area contributed by atoms with Gasteiger partial charge in [0.2, 0.25) is 5.91 Å². The Bertz CT molecular complexity index is 670. The molecule has 0 aliphatic heterocycles. The first-order chi connectivity index (χ1) is 11.2. The number of hydrogen-bond donors (Lipinski definition) is 2. The summed E-state index contributed by atoms with van der Waals surface area (Å²) in [6.45, 7) is 0. The van der Waals surface area contributed by atoms with Crippen molar-refractivity contribution in [2.75, 3.05) is 0 Å². The van der Waals surface area contributed by atoms with Crippen LogP contribution in [0.15, 0.2) is 24.3 Å². The van der Waals surface area contributed by atoms with Crippen LogP contribution in [0.4, 0.5) is 13.2 Å². The number of carbonyl (C=O) groups excluding carboxylic acids is 1. The van der Waals surface area contributed by atoms with Gasteiger partial charge in [-0.3, -0.25) is 4.79 Å². The molecule has 1 aromatic carbocycles. The van der Waals surface area contributed by atoms with Gasteiger partial charge in [-0.15, -0.1) is 13.2 Å². The predicted molar refractivity (Wildman–Crippen MR) is 76.3 cm³/mol. The van der Waals surface area contributed by atoms with Crippen LogP contribution in [-0.2, 0) is 9.59 Å². The molecule has 8 heteroatoms. The highest BCUT2D eigenvalue weighted by molar-refractivity contribution is 5.90. The Balaban J connectivity index is 1.69. The van der Waals surface area contributed by atoms with Crippen molar-refractivity contribution < 1.29 is 32.6 Å². The number of rotatable bonds is 5. The molecule has 130 valence electrons. The number of halogens is 3. The predicted octanol–water partition coefficient (Wildman–Crippen LogP) is 2.81. The Morgan fingerprint density at radius 3 is 2.46 bits per heavy atom. The molecule has 0 unspecified atom stereocenters. The van der Waals surface area contributed by atoms with E-state index >= 15 is 0 Å². The molecule has 0 spiro atoms. The summed E-state index contributed by atoms with van der Waals surface area (Å²) in [6, 6.07) is 5.71. The average Bonchev–Trinajstić information content (AvgIpc) is 3.21. The van der Waals surface area contributed by atoms with Crippen LogP contribution in [0.2, 0.25) is 0 Å². The van der Waals surface area contributed by atoms with Crippen LogP contribution in [0.25, 0.3) is 0 Å². The molecule has 2 fully saturated rings. The van der Waals surface area contributed by atoms with Gasteiger partial charge in [0.25, 0.3) is 0 Å². The topological polar surface area (TPSA) is 75.6 Å². The van der Waals surface area contributed by atoms with Crippen molar-refractivity contribution in [1.29, 1.82) is 0 Å². The third-order valence-corrected chi connectivity index (χ3v) is 4.65. The van der Waals surface area contributed by atoms with Crippen molar-refractivity contribution in [2.24, 2.45) is 5.92 Å². The number of benzene rings is 1. The third kappa shape index (κ3) is 3.18. The molecule has 0 bridgehead atoms. The first kappa shape index (κ1) is 16.6. The fraction of sp³-hybridized carbons (Fsp3) is 0.500. The summed E-state index contributed by atoms with van der Waals surface area (Å²) in [7, 11) is 0. The zero-order valence-electron chi connectivity index (χ0n) is 12.6. The molecule has 5 nitrogen and oxygen atoms in total. The van der Waals surface area contributed by atoms with Gasteiger partial charge in [-0.1, -0.05) is 18.2 Å². The first-order valence-electron chi connectivity index (χ1n) is 7.62. The Hall–Kier alpha value is -2.25. The van der Waals surface area contributed by atoms with Crippen LogP contribution in [0, 0.1) is 5.92 Å². The molecule has 0 saturated heterocycles. The van der Waals surface area contributed by atoms with Crippen molar-refractivity contribution in [3.63, 3.8) is 0 Å². The second kappa shape index (κ2) is 5.68. The van der Waals surface area contributed by atoms with E-state index in [0.717, 1.165) is 6.42 Å². The summed E-state index contributed by atoms with van der Waals surface area (Å²) in [6.07, 6.45) is -2.96. The second-order valence-electron chi connectivity index (χ2n) is 6.26. The molecule has 0 heterocycles. The maximum Gasteiger partial charge on any atom is 0.573 e. The van der Waals surface area contributed by atoms with E-state index in [0.29, 0.717) is 24.8 Å². The van der Waals surface area contributed by atoms with Crippen LogP contribution in [0.5, 0.6) is 5.75 Å². The molecule has 2 aliphatic rings. The smallest absolute Gasteiger partial charge is 0.480 e. The molecule has 0 radical (unpaired) electrons. The minimum absolute atomic E-state index is 0.313. The van der Waals surface area contributed by atoms with Gasteiger partial charge < -0.3 is 15.2 Å². The fourth-order valence-electron chi connectivity index (χ4n) is 3.08. The summed E-state index contributed by atoms with van der Waals surface area (Å²) < 4.78 is 41.4. The monoisotopic (exact) mass is 343 g/mol. The Kier molecular flexibility index (Phi) is 3.93. The summed E-state index contributed by atoms with van der Waals surface area (Å²) in [4.78, 5) is 23.5. The highest BCUT2D eigenvalue weighted by Crippen LogP contribution is 2.51. The molecule has 2 saturated carbocycles. The van der Waals surface area contributed by atoms with Gasteiger partial charge in [-0.05, 0) is 43.2 Å². The first-order valence-corrected chi connectivity index (χ1v) is 7.62. The maximum absolute atomic E-state index is 12.5. The van der Waals surface area contributed by atoms with Crippen LogP contribution in [0.3, 0.4) is 0 Å². The van der Waals surface area contributed by atoms with E-state index < -0.39 is 35.6 Å². The number of hydrogen-bond acceptors (Lipinski definition) is 3. The molecule has 3 rings (SSSR count). The lowest BCUT2D eigenvalue weighted by molar-refractivity contribution is -0.274. The standard InChI is InChI=1S/C16H16F3NO4/c17-16(18,19)24-12-5-2-1-4-9(12)10-8-11(10)13(21)20-15(14(22)23)6-3-7-15/h1-2,4-5,10-11H,3,6-8H2,(H,20,21)(H,22,23)/t10-,11+/m0/s1. The molecule has 1 amide bonds. The third-order valence-electron chi connectivity index (χ3n) is 4.65. The molecule has 0 aromatic heterocycles. The lowest BCUT2D eigenvalue weighted by Gasteiger charge is -2.38. The van der Waals surface area contributed by atoms with E-state index in [1.807, 2.05) is 0 Å². The SMILES string of the molecule is O=C(NC1(C(=O)O)CCC1)[C@@H]1C[C@H]1c1ccccc1OC(F)(F)F. The van der Waals surface area contributed by atoms with Gasteiger partial charge in [-0.25, -0.2) is 4.79 Å². The Labute approximate surface area is 135 Å². The molecule has 2 atom stereocenters. The number of alkyl halides is 3. The molecule has 2 aliphatic carbocycles. The van der Waals surface area contributed by atoms with Crippen molar-refractivity contribution in [2.45, 2.75) is 43.5 Å². The number of nitrogens with one attached hydrogen (secondary N) is 1. The van der Waals surface area contributed by atoms with Crippen molar-refractivity contribution in [3.8, 4) is 5.75 Å². The minimum Gasteiger partial charge on any atom is -0.480 e. The number of carboxylic acid groups (broad SMARTS) is 1. The maximum atomic E-state index is 12.5. The van der Waals surface area contributed by atoms with Crippen molar-refractivity contribution in [1.82, 2.24) is 5.32 Å². The second-order valence-corrected chi connectivity index (χ2v) is 6.26. The van der Waals surface area contributed by atoms with E-state index in [1.165, 1.54) is 18.2 Å². The highest BCUT2D eigenvalue weighted by atomic mass is 19.4. The number of carbonyl (C=O) groups is 2. The number of ether oxygens (including phenoxy) is 1. The van der Waals surface area contributed by atoms with Crippen molar-refractivity contribution >= 4 is 11.9 Å². The van der Waals surface area contributed by atoms with Gasteiger partial charge in [0, 0.05) is 5.92 Å². The summed E-state index contributed by atoms with van der Waals surface area (Å²) in [5.74, 6) is -2.74. The molecular formula is C16H16F3NO4. The summed E-state index contributed by atoms with van der Waals surface area (Å²) >= 11 is 0. The van der Waals surface area contributed by atoms with Crippen molar-refractivity contribution in [3.05, 3.63) is 29.8 Å². The van der Waals surface area contributed by atoms with E-state index in [-0.39, 0.29) is 5.75 Å². The van der Waals surface area contributed by atoms with E-state index in [9.17, 15) is 27.9 Å². The highest BCUT2D eigenvalue weighted by Gasteiger charge is 2.51. The van der Waals surface area contributed by atoms with Gasteiger partial charge >= 0.3 is 12.3 Å². The molecular weight excluding hydrogens is 327 g/mol. The molecule has 1 aromatic rings. The van der Waals surface area contributed by atoms with Crippen LogP contribution in [-0.4, -0.2) is 28.9 Å². The zero-order chi connectivity index (χ0) is 17.5. The van der Waals surface area contributed by atoms with Gasteiger partial charge in [0.15, 0.2) is 0 Å². The normalized spacial score (nSPS) is 24.6. The van der Waals surface area contributed by atoms with Gasteiger partial charge in [0.1, 0.15) is 11.3 Å². The lowest BCUT2D eigenvalue weighted by atomic mass is 9.76. The van der Waals surface area contributed by atoms with Crippen LogP contribution < -0.4 is 10.1 Å². The minimum atomic E-state index is -4.80. The number of amides is 1. The Morgan fingerprint density at radius 1 is 1.25 bits per heavy atom. The zero-order valence-corrected chi connectivity index (χ0v) is 12.6. The molecule has 24 heavy (non-hydrogen) atoms. The van der Waals surface area contributed by atoms with E-state index in [4.69, 9.17) is 0 Å². The molecule has 2 N–H and O–H groups in total. The number of aliphatic carboxylic acids is 1. The van der Waals surface area contributed by atoms with Crippen LogP contribution in [0.1, 0.15) is 37.2 Å².